The van der Waals surface area contributed by atoms with E-state index < -0.39 is 0 Å². The Morgan fingerprint density at radius 2 is 2.06 bits per heavy atom. The summed E-state index contributed by atoms with van der Waals surface area (Å²) in [7, 11) is 0. The summed E-state index contributed by atoms with van der Waals surface area (Å²) in [6.07, 6.45) is 3.45. The fourth-order valence-electron chi connectivity index (χ4n) is 1.16. The molecule has 0 aliphatic carbocycles. The molecule has 0 heterocycles. The van der Waals surface area contributed by atoms with E-state index in [1.807, 2.05) is 6.92 Å². The maximum atomic E-state index is 11.6. The molecule has 1 rings (SSSR count). The zero-order valence-corrected chi connectivity index (χ0v) is 10.9. The summed E-state index contributed by atoms with van der Waals surface area (Å²) in [6, 6.07) is 6.53. The summed E-state index contributed by atoms with van der Waals surface area (Å²) in [5.41, 5.74) is 1.99. The highest BCUT2D eigenvalue weighted by Crippen LogP contribution is 2.14. The van der Waals surface area contributed by atoms with Crippen LogP contribution < -0.4 is 10.6 Å². The first-order valence-corrected chi connectivity index (χ1v) is 5.71. The lowest BCUT2D eigenvalue weighted by Crippen LogP contribution is -2.26. The van der Waals surface area contributed by atoms with Crippen LogP contribution in [0.1, 0.15) is 6.92 Å². The quantitative estimate of drug-likeness (QED) is 0.788. The van der Waals surface area contributed by atoms with E-state index >= 15 is 0 Å². The molecular weight excluding hydrogens is 248 g/mol. The molecule has 1 aromatic carbocycles. The largest absolute Gasteiger partial charge is 0.323 e. The van der Waals surface area contributed by atoms with Gasteiger partial charge in [0.15, 0.2) is 0 Å². The fraction of sp³-hybridized carbons (Fsp3) is 0.0714. The molecule has 0 saturated carbocycles. The second-order valence-electron chi connectivity index (χ2n) is 3.79. The van der Waals surface area contributed by atoms with Gasteiger partial charge in [0.05, 0.1) is 0 Å². The SMILES string of the molecule is C=C(C)/C=C\C(=C)NC(=O)Nc1cccc(Cl)c1. The molecule has 0 atom stereocenters. The van der Waals surface area contributed by atoms with Crippen molar-refractivity contribution < 1.29 is 4.79 Å². The summed E-state index contributed by atoms with van der Waals surface area (Å²) < 4.78 is 0. The Labute approximate surface area is 112 Å². The molecule has 0 bridgehead atoms. The zero-order chi connectivity index (χ0) is 13.5. The monoisotopic (exact) mass is 262 g/mol. The average Bonchev–Trinajstić information content (AvgIpc) is 2.26. The Morgan fingerprint density at radius 3 is 2.67 bits per heavy atom. The highest BCUT2D eigenvalue weighted by molar-refractivity contribution is 6.30. The summed E-state index contributed by atoms with van der Waals surface area (Å²) >= 11 is 5.81. The molecule has 0 aliphatic rings. The molecule has 0 fully saturated rings. The lowest BCUT2D eigenvalue weighted by molar-refractivity contribution is 0.254. The molecule has 2 N–H and O–H groups in total. The number of carbonyl (C=O) groups is 1. The van der Waals surface area contributed by atoms with Crippen molar-refractivity contribution in [2.75, 3.05) is 5.32 Å². The summed E-state index contributed by atoms with van der Waals surface area (Å²) in [4.78, 5) is 11.6. The van der Waals surface area contributed by atoms with Crippen molar-refractivity contribution in [1.29, 1.82) is 0 Å². The smallest absolute Gasteiger partial charge is 0.308 e. The number of amides is 2. The minimum absolute atomic E-state index is 0.367. The van der Waals surface area contributed by atoms with E-state index in [0.717, 1.165) is 5.57 Å². The van der Waals surface area contributed by atoms with Crippen LogP contribution in [-0.4, -0.2) is 6.03 Å². The predicted molar refractivity (Wildman–Crippen MR) is 76.7 cm³/mol. The van der Waals surface area contributed by atoms with E-state index in [2.05, 4.69) is 23.8 Å². The van der Waals surface area contributed by atoms with Gasteiger partial charge in [0.1, 0.15) is 0 Å². The van der Waals surface area contributed by atoms with Crippen LogP contribution in [0, 0.1) is 0 Å². The normalized spacial score (nSPS) is 10.1. The molecule has 0 saturated heterocycles. The number of allylic oxidation sites excluding steroid dienone is 3. The van der Waals surface area contributed by atoms with Gasteiger partial charge in [-0.05, 0) is 31.2 Å². The Hall–Kier alpha value is -2.00. The molecule has 94 valence electrons. The zero-order valence-electron chi connectivity index (χ0n) is 10.2. The number of benzene rings is 1. The maximum Gasteiger partial charge on any atom is 0.323 e. The number of urea groups is 1. The van der Waals surface area contributed by atoms with E-state index in [9.17, 15) is 4.79 Å². The number of carbonyl (C=O) groups excluding carboxylic acids is 1. The van der Waals surface area contributed by atoms with Crippen LogP contribution in [0.5, 0.6) is 0 Å². The standard InChI is InChI=1S/C14H15ClN2O/c1-10(2)7-8-11(3)16-14(18)17-13-6-4-5-12(15)9-13/h4-9H,1,3H2,2H3,(H2,16,17,18)/b8-7-. The van der Waals surface area contributed by atoms with Crippen molar-refractivity contribution in [2.24, 2.45) is 0 Å². The van der Waals surface area contributed by atoms with Gasteiger partial charge in [0, 0.05) is 16.4 Å². The van der Waals surface area contributed by atoms with E-state index in [-0.39, 0.29) is 6.03 Å². The Kier molecular flexibility index (Phi) is 5.21. The second kappa shape index (κ2) is 6.67. The number of rotatable bonds is 4. The molecule has 0 unspecified atom stereocenters. The molecule has 0 radical (unpaired) electrons. The van der Waals surface area contributed by atoms with Crippen molar-refractivity contribution >= 4 is 23.3 Å². The minimum atomic E-state index is -0.367. The van der Waals surface area contributed by atoms with Gasteiger partial charge in [-0.2, -0.15) is 0 Å². The third-order valence-corrected chi connectivity index (χ3v) is 2.16. The van der Waals surface area contributed by atoms with Crippen molar-refractivity contribution in [3.05, 3.63) is 65.9 Å². The predicted octanol–water partition coefficient (Wildman–Crippen LogP) is 4.11. The first kappa shape index (κ1) is 14.1. The molecule has 18 heavy (non-hydrogen) atoms. The molecular formula is C14H15ClN2O. The summed E-state index contributed by atoms with van der Waals surface area (Å²) in [6.45, 7) is 9.27. The van der Waals surface area contributed by atoms with E-state index in [1.54, 1.807) is 36.4 Å². The van der Waals surface area contributed by atoms with Gasteiger partial charge in [-0.15, -0.1) is 0 Å². The number of halogens is 1. The molecule has 3 nitrogen and oxygen atoms in total. The highest BCUT2D eigenvalue weighted by atomic mass is 35.5. The fourth-order valence-corrected chi connectivity index (χ4v) is 1.35. The number of hydrogen-bond donors (Lipinski definition) is 2. The lowest BCUT2D eigenvalue weighted by Gasteiger charge is -2.07. The van der Waals surface area contributed by atoms with Crippen LogP contribution >= 0.6 is 11.6 Å². The molecule has 4 heteroatoms. The van der Waals surface area contributed by atoms with Crippen LogP contribution in [0.3, 0.4) is 0 Å². The Bertz CT molecular complexity index is 506. The first-order valence-electron chi connectivity index (χ1n) is 5.33. The number of hydrogen-bond acceptors (Lipinski definition) is 1. The Balaban J connectivity index is 2.52. The maximum absolute atomic E-state index is 11.6. The van der Waals surface area contributed by atoms with Crippen molar-refractivity contribution in [3.8, 4) is 0 Å². The van der Waals surface area contributed by atoms with Gasteiger partial charge < -0.3 is 10.6 Å². The molecule has 0 spiro atoms. The third kappa shape index (κ3) is 5.37. The number of anilines is 1. The lowest BCUT2D eigenvalue weighted by atomic mass is 10.3. The molecule has 2 amide bonds. The van der Waals surface area contributed by atoms with E-state index in [4.69, 9.17) is 11.6 Å². The van der Waals surface area contributed by atoms with Crippen molar-refractivity contribution in [3.63, 3.8) is 0 Å². The van der Waals surface area contributed by atoms with Crippen molar-refractivity contribution in [2.45, 2.75) is 6.92 Å². The van der Waals surface area contributed by atoms with Crippen LogP contribution in [0.15, 0.2) is 60.8 Å². The van der Waals surface area contributed by atoms with Crippen LogP contribution in [0.25, 0.3) is 0 Å². The summed E-state index contributed by atoms with van der Waals surface area (Å²) in [5.74, 6) is 0. The van der Waals surface area contributed by atoms with Gasteiger partial charge in [-0.25, -0.2) is 4.79 Å². The average molecular weight is 263 g/mol. The van der Waals surface area contributed by atoms with E-state index in [1.165, 1.54) is 0 Å². The molecule has 0 aromatic heterocycles. The van der Waals surface area contributed by atoms with Gasteiger partial charge in [-0.1, -0.05) is 42.5 Å². The molecule has 1 aromatic rings. The second-order valence-corrected chi connectivity index (χ2v) is 4.23. The van der Waals surface area contributed by atoms with Gasteiger partial charge in [0.25, 0.3) is 0 Å². The topological polar surface area (TPSA) is 41.1 Å². The highest BCUT2D eigenvalue weighted by Gasteiger charge is 2.01. The number of nitrogens with one attached hydrogen (secondary N) is 2. The third-order valence-electron chi connectivity index (χ3n) is 1.93. The van der Waals surface area contributed by atoms with Crippen LogP contribution in [0.2, 0.25) is 5.02 Å². The summed E-state index contributed by atoms with van der Waals surface area (Å²) in [5, 5.41) is 5.80. The van der Waals surface area contributed by atoms with E-state index in [0.29, 0.717) is 16.4 Å². The van der Waals surface area contributed by atoms with Gasteiger partial charge in [-0.3, -0.25) is 0 Å². The van der Waals surface area contributed by atoms with Gasteiger partial charge in [0.2, 0.25) is 0 Å². The van der Waals surface area contributed by atoms with Crippen LogP contribution in [0.4, 0.5) is 10.5 Å². The van der Waals surface area contributed by atoms with Gasteiger partial charge >= 0.3 is 6.03 Å². The first-order chi connectivity index (χ1) is 8.47. The van der Waals surface area contributed by atoms with Crippen molar-refractivity contribution in [1.82, 2.24) is 5.32 Å². The minimum Gasteiger partial charge on any atom is -0.308 e. The van der Waals surface area contributed by atoms with Crippen LogP contribution in [-0.2, 0) is 0 Å². The molecule has 0 aliphatic heterocycles. The Morgan fingerprint density at radius 1 is 1.33 bits per heavy atom.